The van der Waals surface area contributed by atoms with Gasteiger partial charge in [-0.3, -0.25) is 0 Å². The number of benzene rings is 1. The second-order valence-electron chi connectivity index (χ2n) is 4.92. The molecule has 2 rings (SSSR count). The molecule has 1 saturated heterocycles. The Kier molecular flexibility index (Phi) is 4.84. The average molecular weight is 255 g/mol. The predicted molar refractivity (Wildman–Crippen MR) is 71.3 cm³/mol. The summed E-state index contributed by atoms with van der Waals surface area (Å²) in [5.74, 6) is 0. The van der Waals surface area contributed by atoms with E-state index in [1.807, 2.05) is 12.1 Å². The molecule has 2 nitrogen and oxygen atoms in total. The molecule has 0 saturated carbocycles. The third-order valence-electron chi connectivity index (χ3n) is 3.86. The van der Waals surface area contributed by atoms with Gasteiger partial charge in [-0.25, -0.2) is 0 Å². The van der Waals surface area contributed by atoms with Crippen molar-refractivity contribution in [2.75, 3.05) is 19.6 Å². The lowest BCUT2D eigenvalue weighted by Gasteiger charge is -2.18. The monoisotopic (exact) mass is 254 g/mol. The third kappa shape index (κ3) is 3.44. The van der Waals surface area contributed by atoms with Gasteiger partial charge in [0.2, 0.25) is 0 Å². The molecule has 1 aliphatic heterocycles. The Morgan fingerprint density at radius 2 is 2.24 bits per heavy atom. The van der Waals surface area contributed by atoms with Crippen LogP contribution >= 0.6 is 11.6 Å². The first-order valence-corrected chi connectivity index (χ1v) is 7.08. The number of hydrogen-bond acceptors (Lipinski definition) is 0. The molecule has 0 spiro atoms. The zero-order valence-electron chi connectivity index (χ0n) is 10.6. The van der Waals surface area contributed by atoms with E-state index in [0.29, 0.717) is 0 Å². The fourth-order valence-corrected chi connectivity index (χ4v) is 3.05. The highest BCUT2D eigenvalue weighted by Crippen LogP contribution is 2.12. The first kappa shape index (κ1) is 12.9. The summed E-state index contributed by atoms with van der Waals surface area (Å²) >= 11 is 6.15. The highest BCUT2D eigenvalue weighted by molar-refractivity contribution is 6.31. The summed E-state index contributed by atoms with van der Waals surface area (Å²) in [5.41, 5.74) is 1.25. The van der Waals surface area contributed by atoms with Gasteiger partial charge < -0.3 is 10.2 Å². The summed E-state index contributed by atoms with van der Waals surface area (Å²) in [6.07, 6.45) is 2.79. The number of likely N-dealkylation sites (N-methyl/N-ethyl adjacent to an activating group) is 1. The average Bonchev–Trinajstić information content (AvgIpc) is 2.79. The topological polar surface area (TPSA) is 21.1 Å². The summed E-state index contributed by atoms with van der Waals surface area (Å²) in [6.45, 7) is 7.16. The van der Waals surface area contributed by atoms with Crippen LogP contribution in [0.4, 0.5) is 0 Å². The maximum atomic E-state index is 6.15. The van der Waals surface area contributed by atoms with Crippen LogP contribution in [0.15, 0.2) is 24.3 Å². The van der Waals surface area contributed by atoms with Gasteiger partial charge in [-0.15, -0.1) is 0 Å². The normalized spacial score (nSPS) is 24.1. The Hall–Kier alpha value is -0.570. The van der Waals surface area contributed by atoms with Gasteiger partial charge in [-0.05, 0) is 13.0 Å². The summed E-state index contributed by atoms with van der Waals surface area (Å²) in [5, 5.41) is 3.31. The van der Waals surface area contributed by atoms with E-state index in [4.69, 9.17) is 11.6 Å². The second kappa shape index (κ2) is 6.39. The van der Waals surface area contributed by atoms with Gasteiger partial charge in [0.15, 0.2) is 0 Å². The minimum absolute atomic E-state index is 0.850. The summed E-state index contributed by atoms with van der Waals surface area (Å²) in [4.78, 5) is 1.78. The van der Waals surface area contributed by atoms with E-state index in [2.05, 4.69) is 24.4 Å². The lowest BCUT2D eigenvalue weighted by atomic mass is 10.2. The lowest BCUT2D eigenvalue weighted by Crippen LogP contribution is -3.16. The molecule has 3 heteroatoms. The highest BCUT2D eigenvalue weighted by Gasteiger charge is 2.28. The van der Waals surface area contributed by atoms with Crippen molar-refractivity contribution >= 4 is 11.6 Å². The maximum absolute atomic E-state index is 6.15. The van der Waals surface area contributed by atoms with E-state index >= 15 is 0 Å². The van der Waals surface area contributed by atoms with E-state index < -0.39 is 0 Å². The van der Waals surface area contributed by atoms with Gasteiger partial charge in [0.1, 0.15) is 19.1 Å². The zero-order valence-corrected chi connectivity index (χ0v) is 11.3. The minimum Gasteiger partial charge on any atom is -0.338 e. The van der Waals surface area contributed by atoms with Crippen LogP contribution in [0.2, 0.25) is 5.02 Å². The molecule has 2 atom stereocenters. The van der Waals surface area contributed by atoms with Crippen LogP contribution in [0.5, 0.6) is 0 Å². The fraction of sp³-hybridized carbons (Fsp3) is 0.571. The molecular weight excluding hydrogens is 232 g/mol. The SMILES string of the molecule is CC[NH+]1CCC[C@@H]1C[NH2+]Cc1ccccc1Cl. The minimum atomic E-state index is 0.850. The third-order valence-corrected chi connectivity index (χ3v) is 4.22. The Bertz CT molecular complexity index is 354. The lowest BCUT2D eigenvalue weighted by molar-refractivity contribution is -0.925. The van der Waals surface area contributed by atoms with E-state index in [9.17, 15) is 0 Å². The maximum Gasteiger partial charge on any atom is 0.137 e. The largest absolute Gasteiger partial charge is 0.338 e. The van der Waals surface area contributed by atoms with Crippen molar-refractivity contribution in [2.24, 2.45) is 0 Å². The van der Waals surface area contributed by atoms with Crippen LogP contribution in [0, 0.1) is 0 Å². The van der Waals surface area contributed by atoms with Crippen LogP contribution in [-0.4, -0.2) is 25.7 Å². The second-order valence-corrected chi connectivity index (χ2v) is 5.33. The van der Waals surface area contributed by atoms with E-state index in [1.165, 1.54) is 38.0 Å². The molecular formula is C14H23ClN2+2. The van der Waals surface area contributed by atoms with Crippen molar-refractivity contribution in [1.82, 2.24) is 0 Å². The van der Waals surface area contributed by atoms with Gasteiger partial charge in [0, 0.05) is 23.4 Å². The number of rotatable bonds is 5. The first-order chi connectivity index (χ1) is 8.31. The number of halogens is 1. The van der Waals surface area contributed by atoms with Crippen LogP contribution in [0.25, 0.3) is 0 Å². The molecule has 1 heterocycles. The quantitative estimate of drug-likeness (QED) is 0.763. The van der Waals surface area contributed by atoms with Crippen LogP contribution in [0.1, 0.15) is 25.3 Å². The van der Waals surface area contributed by atoms with E-state index in [0.717, 1.165) is 17.6 Å². The smallest absolute Gasteiger partial charge is 0.137 e. The van der Waals surface area contributed by atoms with Gasteiger partial charge in [0.05, 0.1) is 13.1 Å². The highest BCUT2D eigenvalue weighted by atomic mass is 35.5. The van der Waals surface area contributed by atoms with Gasteiger partial charge in [-0.2, -0.15) is 0 Å². The van der Waals surface area contributed by atoms with Crippen molar-refractivity contribution in [3.63, 3.8) is 0 Å². The Morgan fingerprint density at radius 3 is 3.00 bits per heavy atom. The van der Waals surface area contributed by atoms with Crippen LogP contribution < -0.4 is 10.2 Å². The van der Waals surface area contributed by atoms with Crippen LogP contribution in [-0.2, 0) is 6.54 Å². The van der Waals surface area contributed by atoms with Crippen molar-refractivity contribution < 1.29 is 10.2 Å². The van der Waals surface area contributed by atoms with E-state index in [-0.39, 0.29) is 0 Å². The number of hydrogen-bond donors (Lipinski definition) is 2. The molecule has 1 fully saturated rings. The Morgan fingerprint density at radius 1 is 1.41 bits per heavy atom. The molecule has 17 heavy (non-hydrogen) atoms. The fourth-order valence-electron chi connectivity index (χ4n) is 2.84. The molecule has 1 aliphatic rings. The standard InChI is InChI=1S/C14H21ClN2/c1-2-17-9-5-7-13(17)11-16-10-12-6-3-4-8-14(12)15/h3-4,6,8,13,16H,2,5,7,9-11H2,1H3/p+2/t13-/m1/s1. The Labute approximate surface area is 109 Å². The van der Waals surface area contributed by atoms with Gasteiger partial charge in [-0.1, -0.05) is 29.8 Å². The molecule has 1 aromatic rings. The van der Waals surface area contributed by atoms with Gasteiger partial charge in [0.25, 0.3) is 0 Å². The molecule has 0 aliphatic carbocycles. The summed E-state index contributed by atoms with van der Waals surface area (Å²) in [6, 6.07) is 9.00. The molecule has 1 aromatic carbocycles. The zero-order chi connectivity index (χ0) is 12.1. The molecule has 0 amide bonds. The molecule has 3 N–H and O–H groups in total. The number of quaternary nitrogens is 2. The molecule has 0 aromatic heterocycles. The predicted octanol–water partition coefficient (Wildman–Crippen LogP) is 0.471. The summed E-state index contributed by atoms with van der Waals surface area (Å²) in [7, 11) is 0. The van der Waals surface area contributed by atoms with Crippen molar-refractivity contribution in [1.29, 1.82) is 0 Å². The number of likely N-dealkylation sites (tertiary alicyclic amines) is 1. The number of nitrogens with one attached hydrogen (secondary N) is 1. The van der Waals surface area contributed by atoms with Gasteiger partial charge >= 0.3 is 0 Å². The molecule has 94 valence electrons. The van der Waals surface area contributed by atoms with E-state index in [1.54, 1.807) is 4.90 Å². The molecule has 0 bridgehead atoms. The van der Waals surface area contributed by atoms with Crippen LogP contribution in [0.3, 0.4) is 0 Å². The molecule has 1 unspecified atom stereocenters. The summed E-state index contributed by atoms with van der Waals surface area (Å²) < 4.78 is 0. The number of nitrogens with two attached hydrogens (primary N) is 1. The molecule has 0 radical (unpaired) electrons. The van der Waals surface area contributed by atoms with Crippen molar-refractivity contribution in [3.05, 3.63) is 34.9 Å². The van der Waals surface area contributed by atoms with Crippen molar-refractivity contribution in [3.8, 4) is 0 Å². The Balaban J connectivity index is 1.78. The first-order valence-electron chi connectivity index (χ1n) is 6.71. The van der Waals surface area contributed by atoms with Crippen molar-refractivity contribution in [2.45, 2.75) is 32.4 Å².